The van der Waals surface area contributed by atoms with E-state index >= 15 is 0 Å². The van der Waals surface area contributed by atoms with Gasteiger partial charge in [-0.1, -0.05) is 20.3 Å². The summed E-state index contributed by atoms with van der Waals surface area (Å²) in [6, 6.07) is 4.16. The number of H-pyrrole nitrogens is 1. The minimum absolute atomic E-state index is 0.0729. The molecule has 1 N–H and O–H groups in total. The Hall–Kier alpha value is -2.56. The molecule has 0 saturated heterocycles. The molecular formula is C26H36N2O5. The van der Waals surface area contributed by atoms with Crippen molar-refractivity contribution in [1.29, 1.82) is 5.26 Å². The molecule has 1 aliphatic heterocycles. The van der Waals surface area contributed by atoms with E-state index in [1.165, 1.54) is 0 Å². The van der Waals surface area contributed by atoms with Crippen LogP contribution in [0.2, 0.25) is 0 Å². The number of fused-ring (bicyclic) bond motifs is 3. The number of hydrogen-bond donors (Lipinski definition) is 1. The Morgan fingerprint density at radius 1 is 1.30 bits per heavy atom. The van der Waals surface area contributed by atoms with Gasteiger partial charge >= 0.3 is 5.97 Å². The van der Waals surface area contributed by atoms with Gasteiger partial charge in [0.2, 0.25) is 0 Å². The Labute approximate surface area is 196 Å². The Balaban J connectivity index is 2.11. The largest absolute Gasteiger partial charge is 0.491 e. The van der Waals surface area contributed by atoms with Crippen LogP contribution in [0.15, 0.2) is 6.07 Å². The standard InChI is InChI=1S/C26H36N2O5/c1-7-17(5)26(14-22(29)30-8-2)25-20(9-10-33-26)23-19(15-27)13-21(18(6)24(23)28-25)32-12-11-31-16(3)4/h13,16-17,28H,7-12,14H2,1-6H3/t17?,26-/m0/s1. The summed E-state index contributed by atoms with van der Waals surface area (Å²) >= 11 is 0. The molecule has 2 atom stereocenters. The topological polar surface area (TPSA) is 93.6 Å². The Kier molecular flexibility index (Phi) is 8.04. The summed E-state index contributed by atoms with van der Waals surface area (Å²) in [6.45, 7) is 13.6. The highest BCUT2D eigenvalue weighted by Crippen LogP contribution is 2.47. The number of ether oxygens (including phenoxy) is 4. The van der Waals surface area contributed by atoms with Crippen molar-refractivity contribution < 1.29 is 23.7 Å². The molecule has 33 heavy (non-hydrogen) atoms. The zero-order chi connectivity index (χ0) is 24.2. The average molecular weight is 457 g/mol. The summed E-state index contributed by atoms with van der Waals surface area (Å²) in [4.78, 5) is 16.2. The van der Waals surface area contributed by atoms with Gasteiger partial charge in [-0.25, -0.2) is 0 Å². The van der Waals surface area contributed by atoms with Gasteiger partial charge in [0.05, 0.1) is 55.2 Å². The molecule has 2 aromatic rings. The van der Waals surface area contributed by atoms with Gasteiger partial charge < -0.3 is 23.9 Å². The van der Waals surface area contributed by atoms with E-state index in [0.29, 0.717) is 44.2 Å². The van der Waals surface area contributed by atoms with E-state index in [0.717, 1.165) is 34.1 Å². The molecule has 1 aliphatic rings. The molecule has 1 aromatic carbocycles. The molecular weight excluding hydrogens is 420 g/mol. The van der Waals surface area contributed by atoms with Crippen LogP contribution in [0, 0.1) is 24.2 Å². The highest BCUT2D eigenvalue weighted by Gasteiger charge is 2.46. The first-order valence-electron chi connectivity index (χ1n) is 11.9. The predicted octanol–water partition coefficient (Wildman–Crippen LogP) is 4.92. The third-order valence-corrected chi connectivity index (χ3v) is 6.56. The van der Waals surface area contributed by atoms with Crippen LogP contribution in [0.25, 0.3) is 10.9 Å². The molecule has 3 rings (SSSR count). The lowest BCUT2D eigenvalue weighted by Gasteiger charge is -2.41. The van der Waals surface area contributed by atoms with Gasteiger partial charge in [0.1, 0.15) is 18.0 Å². The fraction of sp³-hybridized carbons (Fsp3) is 0.615. The van der Waals surface area contributed by atoms with Gasteiger partial charge in [-0.15, -0.1) is 0 Å². The Morgan fingerprint density at radius 2 is 2.06 bits per heavy atom. The fourth-order valence-electron chi connectivity index (χ4n) is 4.70. The molecule has 0 aliphatic carbocycles. The molecule has 0 bridgehead atoms. The third kappa shape index (κ3) is 4.87. The highest BCUT2D eigenvalue weighted by atomic mass is 16.5. The summed E-state index contributed by atoms with van der Waals surface area (Å²) in [5.41, 5.74) is 3.46. The molecule has 180 valence electrons. The van der Waals surface area contributed by atoms with E-state index in [4.69, 9.17) is 18.9 Å². The quantitative estimate of drug-likeness (QED) is 0.403. The van der Waals surface area contributed by atoms with Gasteiger partial charge in [0.15, 0.2) is 0 Å². The average Bonchev–Trinajstić information content (AvgIpc) is 3.19. The smallest absolute Gasteiger partial charge is 0.309 e. The number of aryl methyl sites for hydroxylation is 1. The molecule has 7 nitrogen and oxygen atoms in total. The molecule has 0 saturated carbocycles. The first kappa shape index (κ1) is 25.1. The molecule has 0 amide bonds. The molecule has 1 aromatic heterocycles. The van der Waals surface area contributed by atoms with E-state index in [1.54, 1.807) is 6.92 Å². The second kappa shape index (κ2) is 10.6. The number of aromatic amines is 1. The number of hydrogen-bond acceptors (Lipinski definition) is 6. The van der Waals surface area contributed by atoms with Crippen LogP contribution in [0.3, 0.4) is 0 Å². The number of rotatable bonds is 10. The van der Waals surface area contributed by atoms with Crippen molar-refractivity contribution in [2.75, 3.05) is 26.4 Å². The minimum Gasteiger partial charge on any atom is -0.491 e. The van der Waals surface area contributed by atoms with Crippen molar-refractivity contribution >= 4 is 16.9 Å². The van der Waals surface area contributed by atoms with Crippen molar-refractivity contribution in [2.45, 2.75) is 72.5 Å². The maximum Gasteiger partial charge on any atom is 0.309 e. The molecule has 0 spiro atoms. The number of carbonyl (C=O) groups excluding carboxylic acids is 1. The maximum atomic E-state index is 12.6. The monoisotopic (exact) mass is 456 g/mol. The molecule has 7 heteroatoms. The van der Waals surface area contributed by atoms with Crippen LogP contribution < -0.4 is 4.74 Å². The SMILES string of the molecule is CCOC(=O)C[C@@]1(C(C)CC)OCCc2c1[nH]c1c(C)c(OCCOC(C)C)cc(C#N)c21. The van der Waals surface area contributed by atoms with Crippen molar-refractivity contribution in [1.82, 2.24) is 4.98 Å². The number of nitrogens with zero attached hydrogens (tertiary/aromatic N) is 1. The van der Waals surface area contributed by atoms with Crippen molar-refractivity contribution in [2.24, 2.45) is 5.92 Å². The lowest BCUT2D eigenvalue weighted by Crippen LogP contribution is -2.43. The number of carbonyl (C=O) groups is 1. The summed E-state index contributed by atoms with van der Waals surface area (Å²) in [5.74, 6) is 0.449. The zero-order valence-corrected chi connectivity index (χ0v) is 20.7. The number of esters is 1. The second-order valence-corrected chi connectivity index (χ2v) is 8.93. The van der Waals surface area contributed by atoms with Crippen LogP contribution in [0.4, 0.5) is 0 Å². The molecule has 1 unspecified atom stereocenters. The maximum absolute atomic E-state index is 12.6. The lowest BCUT2D eigenvalue weighted by atomic mass is 9.77. The Morgan fingerprint density at radius 3 is 2.70 bits per heavy atom. The predicted molar refractivity (Wildman–Crippen MR) is 126 cm³/mol. The number of nitrogens with one attached hydrogen (secondary N) is 1. The van der Waals surface area contributed by atoms with Crippen molar-refractivity contribution in [3.63, 3.8) is 0 Å². The van der Waals surface area contributed by atoms with Crippen LogP contribution in [-0.2, 0) is 31.0 Å². The fourth-order valence-corrected chi connectivity index (χ4v) is 4.70. The van der Waals surface area contributed by atoms with Crippen molar-refractivity contribution in [3.05, 3.63) is 28.5 Å². The van der Waals surface area contributed by atoms with Crippen LogP contribution in [0.5, 0.6) is 5.75 Å². The summed E-state index contributed by atoms with van der Waals surface area (Å²) < 4.78 is 23.2. The van der Waals surface area contributed by atoms with Gasteiger partial charge in [0, 0.05) is 10.9 Å². The number of benzene rings is 1. The first-order valence-corrected chi connectivity index (χ1v) is 11.9. The summed E-state index contributed by atoms with van der Waals surface area (Å²) in [6.07, 6.45) is 1.78. The van der Waals surface area contributed by atoms with Gasteiger partial charge in [-0.05, 0) is 51.7 Å². The molecule has 0 fully saturated rings. The minimum atomic E-state index is -0.821. The van der Waals surface area contributed by atoms with Crippen LogP contribution in [-0.4, -0.2) is 43.5 Å². The van der Waals surface area contributed by atoms with E-state index < -0.39 is 5.60 Å². The van der Waals surface area contributed by atoms with Crippen molar-refractivity contribution in [3.8, 4) is 11.8 Å². The Bertz CT molecular complexity index is 1040. The van der Waals surface area contributed by atoms with E-state index in [9.17, 15) is 10.1 Å². The first-order chi connectivity index (χ1) is 15.8. The highest BCUT2D eigenvalue weighted by molar-refractivity contribution is 5.94. The number of aromatic nitrogens is 1. The summed E-state index contributed by atoms with van der Waals surface area (Å²) in [5, 5.41) is 10.9. The van der Waals surface area contributed by atoms with E-state index in [1.807, 2.05) is 26.8 Å². The molecule has 0 radical (unpaired) electrons. The normalized spacial score (nSPS) is 18.7. The van der Waals surface area contributed by atoms with Gasteiger partial charge in [0.25, 0.3) is 0 Å². The van der Waals surface area contributed by atoms with Crippen LogP contribution in [0.1, 0.15) is 69.8 Å². The van der Waals surface area contributed by atoms with Gasteiger partial charge in [-0.2, -0.15) is 5.26 Å². The van der Waals surface area contributed by atoms with Crippen LogP contribution >= 0.6 is 0 Å². The molecule has 2 heterocycles. The van der Waals surface area contributed by atoms with E-state index in [-0.39, 0.29) is 24.4 Å². The van der Waals surface area contributed by atoms with E-state index in [2.05, 4.69) is 24.9 Å². The van der Waals surface area contributed by atoms with Gasteiger partial charge in [-0.3, -0.25) is 4.79 Å². The third-order valence-electron chi connectivity index (χ3n) is 6.56. The summed E-state index contributed by atoms with van der Waals surface area (Å²) in [7, 11) is 0. The lowest BCUT2D eigenvalue weighted by molar-refractivity contribution is -0.160. The second-order valence-electron chi connectivity index (χ2n) is 8.93. The number of nitriles is 1. The zero-order valence-electron chi connectivity index (χ0n) is 20.7.